The Labute approximate surface area is 126 Å². The van der Waals surface area contributed by atoms with Gasteiger partial charge in [0.25, 0.3) is 5.91 Å². The van der Waals surface area contributed by atoms with Crippen molar-refractivity contribution in [3.05, 3.63) is 0 Å². The molecule has 0 aliphatic rings. The Balaban J connectivity index is 4.29. The molecule has 0 aliphatic carbocycles. The van der Waals surface area contributed by atoms with E-state index in [-0.39, 0.29) is 30.4 Å². The lowest BCUT2D eigenvalue weighted by Gasteiger charge is -2.21. The fourth-order valence-corrected chi connectivity index (χ4v) is 1.71. The zero-order valence-electron chi connectivity index (χ0n) is 13.6. The number of amides is 2. The number of hydroxylamine groups is 2. The molecule has 122 valence electrons. The third-order valence-corrected chi connectivity index (χ3v) is 3.11. The highest BCUT2D eigenvalue weighted by molar-refractivity contribution is 5.81. The van der Waals surface area contributed by atoms with Gasteiger partial charge in [-0.3, -0.25) is 14.4 Å². The molecule has 0 aromatic carbocycles. The SMILES string of the molecule is CCC(C)NC(=O)[C@H](CCCN(OC(C)=O)C(C)=O)NC. The van der Waals surface area contributed by atoms with Crippen LogP contribution in [-0.2, 0) is 19.2 Å². The third kappa shape index (κ3) is 8.29. The Hall–Kier alpha value is -1.63. The molecule has 0 fully saturated rings. The number of likely N-dealkylation sites (N-methyl/N-ethyl adjacent to an activating group) is 1. The molecule has 0 aromatic heterocycles. The number of hydrogen-bond acceptors (Lipinski definition) is 5. The quantitative estimate of drug-likeness (QED) is 0.641. The molecule has 0 radical (unpaired) electrons. The van der Waals surface area contributed by atoms with Crippen molar-refractivity contribution in [2.75, 3.05) is 13.6 Å². The van der Waals surface area contributed by atoms with E-state index in [0.29, 0.717) is 12.8 Å². The van der Waals surface area contributed by atoms with Gasteiger partial charge in [-0.25, -0.2) is 0 Å². The average molecular weight is 301 g/mol. The first-order valence-corrected chi connectivity index (χ1v) is 7.26. The summed E-state index contributed by atoms with van der Waals surface area (Å²) in [6, 6.07) is -0.201. The molecule has 0 bridgehead atoms. The third-order valence-electron chi connectivity index (χ3n) is 3.11. The Kier molecular flexibility index (Phi) is 9.36. The Morgan fingerprint density at radius 2 is 1.86 bits per heavy atom. The first-order chi connectivity index (χ1) is 9.81. The normalized spacial score (nSPS) is 13.2. The average Bonchev–Trinajstić information content (AvgIpc) is 2.41. The van der Waals surface area contributed by atoms with Crippen molar-refractivity contribution >= 4 is 17.8 Å². The maximum atomic E-state index is 12.0. The van der Waals surface area contributed by atoms with Crippen molar-refractivity contribution in [1.29, 1.82) is 0 Å². The lowest BCUT2D eigenvalue weighted by Crippen LogP contribution is -2.46. The maximum absolute atomic E-state index is 12.0. The van der Waals surface area contributed by atoms with E-state index in [4.69, 9.17) is 4.84 Å². The summed E-state index contributed by atoms with van der Waals surface area (Å²) in [5.41, 5.74) is 0. The summed E-state index contributed by atoms with van der Waals surface area (Å²) in [6.07, 6.45) is 1.96. The highest BCUT2D eigenvalue weighted by Crippen LogP contribution is 2.03. The zero-order chi connectivity index (χ0) is 16.4. The summed E-state index contributed by atoms with van der Waals surface area (Å²) >= 11 is 0. The van der Waals surface area contributed by atoms with Gasteiger partial charge in [-0.2, -0.15) is 5.06 Å². The summed E-state index contributed by atoms with van der Waals surface area (Å²) in [7, 11) is 1.72. The highest BCUT2D eigenvalue weighted by atomic mass is 16.7. The van der Waals surface area contributed by atoms with Crippen LogP contribution < -0.4 is 10.6 Å². The molecular weight excluding hydrogens is 274 g/mol. The largest absolute Gasteiger partial charge is 0.352 e. The second kappa shape index (κ2) is 10.1. The van der Waals surface area contributed by atoms with E-state index in [9.17, 15) is 14.4 Å². The number of nitrogens with zero attached hydrogens (tertiary/aromatic N) is 1. The summed E-state index contributed by atoms with van der Waals surface area (Å²) in [4.78, 5) is 39.0. The summed E-state index contributed by atoms with van der Waals surface area (Å²) < 4.78 is 0. The number of carbonyl (C=O) groups excluding carboxylic acids is 3. The molecule has 0 heterocycles. The predicted molar refractivity (Wildman–Crippen MR) is 79.1 cm³/mol. The van der Waals surface area contributed by atoms with Gasteiger partial charge in [0.05, 0.1) is 12.6 Å². The van der Waals surface area contributed by atoms with Crippen molar-refractivity contribution in [3.63, 3.8) is 0 Å². The van der Waals surface area contributed by atoms with Crippen LogP contribution in [0.1, 0.15) is 47.0 Å². The molecule has 1 unspecified atom stereocenters. The highest BCUT2D eigenvalue weighted by Gasteiger charge is 2.19. The first-order valence-electron chi connectivity index (χ1n) is 7.26. The Morgan fingerprint density at radius 1 is 1.24 bits per heavy atom. The molecule has 0 rings (SSSR count). The Morgan fingerprint density at radius 3 is 2.29 bits per heavy atom. The minimum absolute atomic E-state index is 0.0614. The lowest BCUT2D eigenvalue weighted by molar-refractivity contribution is -0.195. The summed E-state index contributed by atoms with van der Waals surface area (Å²) in [5, 5.41) is 6.87. The van der Waals surface area contributed by atoms with E-state index in [1.54, 1.807) is 7.05 Å². The van der Waals surface area contributed by atoms with Crippen LogP contribution in [0, 0.1) is 0 Å². The fraction of sp³-hybridized carbons (Fsp3) is 0.786. The van der Waals surface area contributed by atoms with Gasteiger partial charge in [-0.15, -0.1) is 0 Å². The molecule has 0 saturated heterocycles. The van der Waals surface area contributed by atoms with Crippen LogP contribution in [0.3, 0.4) is 0 Å². The van der Waals surface area contributed by atoms with Crippen molar-refractivity contribution in [3.8, 4) is 0 Å². The standard InChI is InChI=1S/C14H27N3O4/c1-6-10(2)16-14(20)13(15-5)8-7-9-17(11(3)18)21-12(4)19/h10,13,15H,6-9H2,1-5H3,(H,16,20)/t10?,13-/m0/s1. The minimum Gasteiger partial charge on any atom is -0.352 e. The predicted octanol–water partition coefficient (Wildman–Crippen LogP) is 0.596. The van der Waals surface area contributed by atoms with E-state index in [1.807, 2.05) is 13.8 Å². The lowest BCUT2D eigenvalue weighted by atomic mass is 10.1. The van der Waals surface area contributed by atoms with Crippen LogP contribution in [0.4, 0.5) is 0 Å². The van der Waals surface area contributed by atoms with Crippen molar-refractivity contribution in [2.24, 2.45) is 0 Å². The number of rotatable bonds is 8. The number of carbonyl (C=O) groups is 3. The smallest absolute Gasteiger partial charge is 0.329 e. The van der Waals surface area contributed by atoms with Crippen LogP contribution >= 0.6 is 0 Å². The van der Waals surface area contributed by atoms with Gasteiger partial charge in [-0.1, -0.05) is 6.92 Å². The van der Waals surface area contributed by atoms with E-state index >= 15 is 0 Å². The molecule has 2 N–H and O–H groups in total. The van der Waals surface area contributed by atoms with Crippen molar-refractivity contribution in [2.45, 2.75) is 59.0 Å². The Bertz CT molecular complexity index is 360. The van der Waals surface area contributed by atoms with Crippen LogP contribution in [0.15, 0.2) is 0 Å². The zero-order valence-corrected chi connectivity index (χ0v) is 13.6. The molecular formula is C14H27N3O4. The van der Waals surface area contributed by atoms with Gasteiger partial charge in [0.15, 0.2) is 0 Å². The second-order valence-electron chi connectivity index (χ2n) is 5.01. The summed E-state index contributed by atoms with van der Waals surface area (Å²) in [6.45, 7) is 6.79. The monoisotopic (exact) mass is 301 g/mol. The van der Waals surface area contributed by atoms with Crippen LogP contribution in [0.25, 0.3) is 0 Å². The first kappa shape index (κ1) is 19.4. The fourth-order valence-electron chi connectivity index (χ4n) is 1.71. The number of nitrogens with one attached hydrogen (secondary N) is 2. The molecule has 2 amide bonds. The molecule has 7 heteroatoms. The molecule has 2 atom stereocenters. The molecule has 0 aliphatic heterocycles. The van der Waals surface area contributed by atoms with Gasteiger partial charge in [0.2, 0.25) is 5.91 Å². The van der Waals surface area contributed by atoms with Crippen molar-refractivity contribution < 1.29 is 19.2 Å². The molecule has 0 spiro atoms. The van der Waals surface area contributed by atoms with E-state index < -0.39 is 5.97 Å². The van der Waals surface area contributed by atoms with Gasteiger partial charge in [0, 0.05) is 19.9 Å². The van der Waals surface area contributed by atoms with Gasteiger partial charge in [-0.05, 0) is 33.2 Å². The molecule has 0 saturated carbocycles. The van der Waals surface area contributed by atoms with Crippen molar-refractivity contribution in [1.82, 2.24) is 15.7 Å². The van der Waals surface area contributed by atoms with E-state index in [2.05, 4.69) is 10.6 Å². The van der Waals surface area contributed by atoms with Gasteiger partial charge >= 0.3 is 5.97 Å². The van der Waals surface area contributed by atoms with Gasteiger partial charge in [0.1, 0.15) is 0 Å². The number of hydrogen-bond donors (Lipinski definition) is 2. The minimum atomic E-state index is -0.537. The second-order valence-corrected chi connectivity index (χ2v) is 5.01. The van der Waals surface area contributed by atoms with Crippen LogP contribution in [-0.4, -0.2) is 48.5 Å². The maximum Gasteiger partial charge on any atom is 0.329 e. The summed E-state index contributed by atoms with van der Waals surface area (Å²) in [5.74, 6) is -0.936. The van der Waals surface area contributed by atoms with Crippen LogP contribution in [0.2, 0.25) is 0 Å². The van der Waals surface area contributed by atoms with Gasteiger partial charge < -0.3 is 15.5 Å². The molecule has 0 aromatic rings. The van der Waals surface area contributed by atoms with Crippen LogP contribution in [0.5, 0.6) is 0 Å². The molecule has 21 heavy (non-hydrogen) atoms. The topological polar surface area (TPSA) is 87.7 Å². The molecule has 7 nitrogen and oxygen atoms in total. The van der Waals surface area contributed by atoms with E-state index in [1.165, 1.54) is 13.8 Å². The van der Waals surface area contributed by atoms with E-state index in [0.717, 1.165) is 11.5 Å².